The van der Waals surface area contributed by atoms with E-state index in [-0.39, 0.29) is 50.9 Å². The standard InChI is InChI=1S/C82H98N2O26/c1-11-64(100-53(6)86)49(2)69-50(3)65(101-54(7)87)41-82(109-69,81(90)93-10)110-75-72(102-55(8)88)67(48-95-43-58-29-19-13-20-30-58)106-80(77(75)103-56(9)89)107-71-66(47-94-42-57-27-17-12-18-28-57)105-78(104-63-39-37-62(38-40-63)84(91)92)68(83-52(5)85)73(71)108-79-76(98-46-61-35-25-16-26-36-61)74(97-45-60-33-23-15-24-34-60)70(51(4)99-79)96-44-59-31-21-14-22-32-59/h12-40,49-51,64-80H,11,41-48H2,1-10H3,(H,83,85)/t49-,50?,51?,64-,65?,66?,67?,68?,69?,70?,71?,72?,73?,74?,75?,76?,77?,78?,79?,80?,82?/m1/s1. The topological polar surface area (TPSA) is 324 Å². The first-order chi connectivity index (χ1) is 53.0. The number of carbonyl (C=O) groups excluding carboxylic acids is 6. The van der Waals surface area contributed by atoms with Crippen LogP contribution in [-0.4, -0.2) is 177 Å². The van der Waals surface area contributed by atoms with E-state index in [0.29, 0.717) is 0 Å². The lowest BCUT2D eigenvalue weighted by atomic mass is 9.80. The lowest BCUT2D eigenvalue weighted by Crippen LogP contribution is -2.71. The molecule has 1 amide bonds. The molecule has 4 fully saturated rings. The van der Waals surface area contributed by atoms with E-state index >= 15 is 4.79 Å². The third kappa shape index (κ3) is 22.6. The molecule has 0 bridgehead atoms. The molecule has 4 saturated heterocycles. The summed E-state index contributed by atoms with van der Waals surface area (Å²) in [6.07, 6.45) is -24.7. The number of esters is 5. The predicted octanol–water partition coefficient (Wildman–Crippen LogP) is 10.1. The minimum atomic E-state index is -2.69. The highest BCUT2D eigenvalue weighted by Crippen LogP contribution is 2.45. The Morgan fingerprint density at radius 2 is 0.982 bits per heavy atom. The van der Waals surface area contributed by atoms with Gasteiger partial charge in [-0.05, 0) is 53.3 Å². The van der Waals surface area contributed by atoms with Crippen molar-refractivity contribution in [2.45, 2.75) is 224 Å². The third-order valence-electron chi connectivity index (χ3n) is 19.3. The zero-order valence-corrected chi connectivity index (χ0v) is 63.2. The molecule has 0 aromatic heterocycles. The van der Waals surface area contributed by atoms with Crippen molar-refractivity contribution < 1.29 is 119 Å². The lowest BCUT2D eigenvalue weighted by molar-refractivity contribution is -0.392. The second-order valence-electron chi connectivity index (χ2n) is 27.6. The molecule has 4 heterocycles. The zero-order chi connectivity index (χ0) is 78.4. The van der Waals surface area contributed by atoms with Crippen molar-refractivity contribution in [3.05, 3.63) is 214 Å². The number of benzene rings is 6. The van der Waals surface area contributed by atoms with Crippen LogP contribution in [0.25, 0.3) is 0 Å². The second-order valence-corrected chi connectivity index (χ2v) is 27.6. The summed E-state index contributed by atoms with van der Waals surface area (Å²) in [7, 11) is 1.07. The largest absolute Gasteiger partial charge is 0.465 e. The summed E-state index contributed by atoms with van der Waals surface area (Å²) in [4.78, 5) is 95.1. The number of methoxy groups -OCH3 is 1. The molecule has 0 saturated carbocycles. The molecule has 0 radical (unpaired) electrons. The first-order valence-electron chi connectivity index (χ1n) is 36.8. The van der Waals surface area contributed by atoms with Gasteiger partial charge in [-0.25, -0.2) is 4.79 Å². The smallest absolute Gasteiger partial charge is 0.366 e. The number of hydrogen-bond acceptors (Lipinski definition) is 26. The summed E-state index contributed by atoms with van der Waals surface area (Å²) < 4.78 is 121. The fourth-order valence-corrected chi connectivity index (χ4v) is 14.2. The average molecular weight is 1530 g/mol. The van der Waals surface area contributed by atoms with Gasteiger partial charge in [0.15, 0.2) is 24.8 Å². The van der Waals surface area contributed by atoms with Crippen LogP contribution in [-0.2, 0) is 142 Å². The Morgan fingerprint density at radius 1 is 0.527 bits per heavy atom. The molecule has 6 aromatic carbocycles. The van der Waals surface area contributed by atoms with Crippen LogP contribution < -0.4 is 10.1 Å². The summed E-state index contributed by atoms with van der Waals surface area (Å²) in [5, 5.41) is 15.1. The molecule has 6 aromatic rings. The van der Waals surface area contributed by atoms with Crippen LogP contribution in [0.3, 0.4) is 0 Å². The second kappa shape index (κ2) is 40.2. The molecular weight excluding hydrogens is 1430 g/mol. The molecule has 4 aliphatic rings. The van der Waals surface area contributed by atoms with E-state index in [1.54, 1.807) is 27.7 Å². The van der Waals surface area contributed by atoms with E-state index in [4.69, 9.17) is 85.3 Å². The van der Waals surface area contributed by atoms with Crippen molar-refractivity contribution in [3.8, 4) is 5.75 Å². The number of carbonyl (C=O) groups is 6. The molecule has 592 valence electrons. The van der Waals surface area contributed by atoms with E-state index in [1.807, 2.05) is 152 Å². The van der Waals surface area contributed by atoms with Gasteiger partial charge in [0.25, 0.3) is 11.5 Å². The number of nitro benzene ring substituents is 1. The Balaban J connectivity index is 1.16. The lowest BCUT2D eigenvalue weighted by Gasteiger charge is -2.53. The number of ether oxygens (including phenoxy) is 18. The maximum Gasteiger partial charge on any atom is 0.366 e. The Bertz CT molecular complexity index is 3910. The number of non-ortho nitro benzene ring substituents is 1. The van der Waals surface area contributed by atoms with Gasteiger partial charge in [-0.15, -0.1) is 0 Å². The van der Waals surface area contributed by atoms with E-state index in [0.717, 1.165) is 48.8 Å². The molecule has 21 atom stereocenters. The molecule has 28 heteroatoms. The SMILES string of the molecule is CC[C@@H](OC(C)=O)[C@@H](C)C1OC(OC2C(OC(C)=O)C(COCc3ccccc3)OC(OC3C(COCc4ccccc4)OC(Oc4ccc([N+](=O)[O-])cc4)C(NC(C)=O)C3OC3OC(C)C(OCc4ccccc4)C(OCc4ccccc4)C3OCc3ccccc3)C2OC(C)=O)(C(=O)OC)CC(OC(C)=O)C1C. The Morgan fingerprint density at radius 3 is 1.45 bits per heavy atom. The number of hydrogen-bond donors (Lipinski definition) is 1. The molecule has 4 aliphatic heterocycles. The first-order valence-corrected chi connectivity index (χ1v) is 36.8. The van der Waals surface area contributed by atoms with Gasteiger partial charge >= 0.3 is 29.8 Å². The van der Waals surface area contributed by atoms with Crippen LogP contribution in [0.15, 0.2) is 176 Å². The van der Waals surface area contributed by atoms with Crippen LogP contribution in [0.1, 0.15) is 103 Å². The minimum Gasteiger partial charge on any atom is -0.465 e. The molecule has 1 N–H and O–H groups in total. The van der Waals surface area contributed by atoms with Crippen molar-refractivity contribution in [3.63, 3.8) is 0 Å². The number of rotatable bonds is 35. The molecule has 10 rings (SSSR count). The average Bonchev–Trinajstić information content (AvgIpc) is 0.747. The van der Waals surface area contributed by atoms with Crippen molar-refractivity contribution in [1.29, 1.82) is 0 Å². The molecule has 19 unspecified atom stereocenters. The number of nitrogens with zero attached hydrogens (tertiary/aromatic N) is 1. The maximum absolute atomic E-state index is 15.2. The van der Waals surface area contributed by atoms with Gasteiger partial charge in [0, 0.05) is 58.6 Å². The summed E-state index contributed by atoms with van der Waals surface area (Å²) in [5.74, 6) is -9.24. The predicted molar refractivity (Wildman–Crippen MR) is 390 cm³/mol. The van der Waals surface area contributed by atoms with Gasteiger partial charge in [-0.3, -0.25) is 34.1 Å². The number of nitro groups is 1. The quantitative estimate of drug-likeness (QED) is 0.0167. The Kier molecular flexibility index (Phi) is 30.4. The summed E-state index contributed by atoms with van der Waals surface area (Å²) in [6.45, 7) is 12.1. The highest BCUT2D eigenvalue weighted by Gasteiger charge is 2.63. The highest BCUT2D eigenvalue weighted by molar-refractivity contribution is 5.78. The number of nitrogens with one attached hydrogen (secondary N) is 1. The van der Waals surface area contributed by atoms with Gasteiger partial charge in [-0.1, -0.05) is 172 Å². The minimum absolute atomic E-state index is 0.0235. The van der Waals surface area contributed by atoms with Gasteiger partial charge in [0.2, 0.25) is 12.2 Å². The van der Waals surface area contributed by atoms with E-state index in [1.165, 1.54) is 45.0 Å². The maximum atomic E-state index is 15.2. The first kappa shape index (κ1) is 83.3. The van der Waals surface area contributed by atoms with Gasteiger partial charge < -0.3 is 90.6 Å². The normalized spacial score (nSPS) is 28.6. The molecule has 110 heavy (non-hydrogen) atoms. The van der Waals surface area contributed by atoms with Crippen LogP contribution in [0.5, 0.6) is 5.75 Å². The van der Waals surface area contributed by atoms with Gasteiger partial charge in [0.1, 0.15) is 72.8 Å². The van der Waals surface area contributed by atoms with Gasteiger partial charge in [0.05, 0.1) is 76.9 Å². The molecule has 0 aliphatic carbocycles. The highest BCUT2D eigenvalue weighted by atomic mass is 16.8. The fraction of sp³-hybridized carbons (Fsp3) is 0.488. The summed E-state index contributed by atoms with van der Waals surface area (Å²) in [6, 6.07) is 50.3. The van der Waals surface area contributed by atoms with E-state index < -0.39 is 188 Å². The van der Waals surface area contributed by atoms with Gasteiger partial charge in [-0.2, -0.15) is 0 Å². The fourth-order valence-electron chi connectivity index (χ4n) is 14.2. The van der Waals surface area contributed by atoms with E-state index in [2.05, 4.69) is 5.32 Å². The molecular formula is C82H98N2O26. The van der Waals surface area contributed by atoms with Crippen LogP contribution in [0.2, 0.25) is 0 Å². The van der Waals surface area contributed by atoms with Crippen molar-refractivity contribution in [1.82, 2.24) is 5.32 Å². The zero-order valence-electron chi connectivity index (χ0n) is 63.2. The van der Waals surface area contributed by atoms with Crippen LogP contribution in [0.4, 0.5) is 5.69 Å². The third-order valence-corrected chi connectivity index (χ3v) is 19.3. The van der Waals surface area contributed by atoms with Crippen molar-refractivity contribution >= 4 is 41.4 Å². The monoisotopic (exact) mass is 1530 g/mol. The molecule has 0 spiro atoms. The van der Waals surface area contributed by atoms with Crippen LogP contribution in [0, 0.1) is 22.0 Å². The van der Waals surface area contributed by atoms with E-state index in [9.17, 15) is 34.1 Å². The number of amides is 1. The van der Waals surface area contributed by atoms with Crippen molar-refractivity contribution in [2.24, 2.45) is 11.8 Å². The Hall–Kier alpha value is -9.14. The van der Waals surface area contributed by atoms with Crippen molar-refractivity contribution in [2.75, 3.05) is 20.3 Å². The summed E-state index contributed by atoms with van der Waals surface area (Å²) in [5.41, 5.74) is 3.60. The summed E-state index contributed by atoms with van der Waals surface area (Å²) >= 11 is 0. The van der Waals surface area contributed by atoms with Crippen LogP contribution >= 0.6 is 0 Å². The Labute approximate surface area is 639 Å². The molecule has 28 nitrogen and oxygen atoms in total.